The molecule has 0 saturated heterocycles. The van der Waals surface area contributed by atoms with Crippen LogP contribution in [0.3, 0.4) is 0 Å². The second-order valence-electron chi connectivity index (χ2n) is 2.57. The Kier molecular flexibility index (Phi) is 4.11. The molecule has 0 aromatic carbocycles. The maximum atomic E-state index is 12.9. The molecule has 0 aliphatic rings. The van der Waals surface area contributed by atoms with Crippen molar-refractivity contribution in [1.82, 2.24) is 10.3 Å². The summed E-state index contributed by atoms with van der Waals surface area (Å²) in [6.45, 7) is 1.18. The van der Waals surface area contributed by atoms with Gasteiger partial charge >= 0.3 is 0 Å². The summed E-state index contributed by atoms with van der Waals surface area (Å²) >= 11 is 11.1. The van der Waals surface area contributed by atoms with Crippen LogP contribution in [0.4, 0.5) is 4.39 Å². The first-order valence-corrected chi connectivity index (χ1v) is 4.65. The van der Waals surface area contributed by atoms with Gasteiger partial charge in [0, 0.05) is 6.92 Å². The number of nitrogens with zero attached hydrogens (tertiary/aromatic N) is 1. The molecule has 4 nitrogen and oxygen atoms in total. The number of pyridine rings is 1. The van der Waals surface area contributed by atoms with Gasteiger partial charge in [-0.1, -0.05) is 23.2 Å². The van der Waals surface area contributed by atoms with Gasteiger partial charge in [0.1, 0.15) is 5.02 Å². The quantitative estimate of drug-likeness (QED) is 0.662. The Bertz CT molecular complexity index is 387. The summed E-state index contributed by atoms with van der Waals surface area (Å²) in [5.74, 6) is -1.27. The van der Waals surface area contributed by atoms with E-state index in [4.69, 9.17) is 27.9 Å². The van der Waals surface area contributed by atoms with Crippen molar-refractivity contribution in [3.05, 3.63) is 22.1 Å². The molecule has 7 heteroatoms. The van der Waals surface area contributed by atoms with Crippen LogP contribution in [0.2, 0.25) is 10.0 Å². The highest BCUT2D eigenvalue weighted by molar-refractivity contribution is 6.35. The van der Waals surface area contributed by atoms with E-state index >= 15 is 0 Å². The van der Waals surface area contributed by atoms with E-state index in [1.54, 1.807) is 0 Å². The van der Waals surface area contributed by atoms with Gasteiger partial charge < -0.3 is 10.1 Å². The Hall–Kier alpha value is -1.07. The molecular formula is C8H7Cl2FN2O2. The molecule has 1 amide bonds. The van der Waals surface area contributed by atoms with Crippen LogP contribution in [-0.4, -0.2) is 17.6 Å². The average molecular weight is 253 g/mol. The van der Waals surface area contributed by atoms with Crippen molar-refractivity contribution in [2.24, 2.45) is 0 Å². The minimum atomic E-state index is -0.876. The topological polar surface area (TPSA) is 51.2 Å². The lowest BCUT2D eigenvalue weighted by Crippen LogP contribution is -2.25. The number of hydrogen-bond acceptors (Lipinski definition) is 3. The van der Waals surface area contributed by atoms with Gasteiger partial charge in [0.25, 0.3) is 0 Å². The predicted octanol–water partition coefficient (Wildman–Crippen LogP) is 2.00. The third kappa shape index (κ3) is 3.53. The number of carbonyl (C=O) groups is 1. The third-order valence-electron chi connectivity index (χ3n) is 1.38. The molecule has 1 aromatic heterocycles. The minimum absolute atomic E-state index is 0.0757. The highest BCUT2D eigenvalue weighted by Gasteiger charge is 2.09. The molecule has 0 unspecified atom stereocenters. The Morgan fingerprint density at radius 1 is 1.60 bits per heavy atom. The van der Waals surface area contributed by atoms with Gasteiger partial charge in [-0.25, -0.2) is 0 Å². The number of rotatable bonds is 3. The van der Waals surface area contributed by atoms with Crippen molar-refractivity contribution in [2.45, 2.75) is 6.92 Å². The SMILES string of the molecule is CC(=O)NCOc1nc(F)c(Cl)cc1Cl. The second kappa shape index (κ2) is 5.14. The monoisotopic (exact) mass is 252 g/mol. The summed E-state index contributed by atoms with van der Waals surface area (Å²) in [5.41, 5.74) is 0. The van der Waals surface area contributed by atoms with E-state index in [0.29, 0.717) is 0 Å². The van der Waals surface area contributed by atoms with Crippen molar-refractivity contribution in [1.29, 1.82) is 0 Å². The van der Waals surface area contributed by atoms with Crippen LogP contribution in [0.15, 0.2) is 6.07 Å². The summed E-state index contributed by atoms with van der Waals surface area (Å²) < 4.78 is 17.8. The van der Waals surface area contributed by atoms with E-state index in [1.165, 1.54) is 13.0 Å². The van der Waals surface area contributed by atoms with E-state index < -0.39 is 5.95 Å². The smallest absolute Gasteiger partial charge is 0.237 e. The molecule has 0 bridgehead atoms. The van der Waals surface area contributed by atoms with Crippen LogP contribution in [-0.2, 0) is 4.79 Å². The fraction of sp³-hybridized carbons (Fsp3) is 0.250. The third-order valence-corrected chi connectivity index (χ3v) is 1.92. The van der Waals surface area contributed by atoms with Gasteiger partial charge in [0.2, 0.25) is 17.7 Å². The fourth-order valence-corrected chi connectivity index (χ4v) is 1.15. The van der Waals surface area contributed by atoms with Crippen LogP contribution in [0.1, 0.15) is 6.92 Å². The summed E-state index contributed by atoms with van der Waals surface area (Å²) in [7, 11) is 0. The van der Waals surface area contributed by atoms with Crippen molar-refractivity contribution in [3.63, 3.8) is 0 Å². The van der Waals surface area contributed by atoms with E-state index in [0.717, 1.165) is 0 Å². The molecule has 0 saturated carbocycles. The largest absolute Gasteiger partial charge is 0.455 e. The number of aromatic nitrogens is 1. The summed E-state index contributed by atoms with van der Waals surface area (Å²) in [6.07, 6.45) is 0. The van der Waals surface area contributed by atoms with Crippen molar-refractivity contribution < 1.29 is 13.9 Å². The molecule has 1 heterocycles. The Balaban J connectivity index is 2.69. The number of nitrogens with one attached hydrogen (secondary N) is 1. The van der Waals surface area contributed by atoms with Gasteiger partial charge in [-0.2, -0.15) is 9.37 Å². The molecule has 82 valence electrons. The first-order chi connectivity index (χ1) is 7.00. The maximum Gasteiger partial charge on any atom is 0.237 e. The van der Waals surface area contributed by atoms with Crippen molar-refractivity contribution in [3.8, 4) is 5.88 Å². The molecule has 0 atom stereocenters. The fourth-order valence-electron chi connectivity index (χ4n) is 0.736. The maximum absolute atomic E-state index is 12.9. The highest BCUT2D eigenvalue weighted by atomic mass is 35.5. The van der Waals surface area contributed by atoms with Crippen LogP contribution in [0.25, 0.3) is 0 Å². The lowest BCUT2D eigenvalue weighted by molar-refractivity contribution is -0.119. The van der Waals surface area contributed by atoms with Crippen LogP contribution >= 0.6 is 23.2 Å². The Morgan fingerprint density at radius 3 is 2.87 bits per heavy atom. The van der Waals surface area contributed by atoms with E-state index in [-0.39, 0.29) is 28.6 Å². The normalized spacial score (nSPS) is 9.87. The number of carbonyl (C=O) groups excluding carboxylic acids is 1. The highest BCUT2D eigenvalue weighted by Crippen LogP contribution is 2.26. The van der Waals surface area contributed by atoms with Crippen LogP contribution < -0.4 is 10.1 Å². The Morgan fingerprint density at radius 2 is 2.27 bits per heavy atom. The summed E-state index contributed by atoms with van der Waals surface area (Å²) in [4.78, 5) is 13.9. The molecule has 0 aliphatic carbocycles. The van der Waals surface area contributed by atoms with Gasteiger partial charge in [-0.15, -0.1) is 0 Å². The van der Waals surface area contributed by atoms with E-state index in [2.05, 4.69) is 10.3 Å². The van der Waals surface area contributed by atoms with Gasteiger partial charge in [-0.05, 0) is 6.07 Å². The minimum Gasteiger partial charge on any atom is -0.455 e. The zero-order valence-corrected chi connectivity index (χ0v) is 9.19. The molecular weight excluding hydrogens is 246 g/mol. The van der Waals surface area contributed by atoms with Gasteiger partial charge in [-0.3, -0.25) is 4.79 Å². The molecule has 0 radical (unpaired) electrons. The first-order valence-electron chi connectivity index (χ1n) is 3.89. The standard InChI is InChI=1S/C8H7Cl2FN2O2/c1-4(14)12-3-15-8-6(10)2-5(9)7(11)13-8/h2H,3H2,1H3,(H,12,14). The second-order valence-corrected chi connectivity index (χ2v) is 3.38. The number of hydrogen-bond donors (Lipinski definition) is 1. The molecule has 0 fully saturated rings. The Labute approximate surface area is 95.3 Å². The summed E-state index contributed by atoms with van der Waals surface area (Å²) in [6, 6.07) is 1.18. The van der Waals surface area contributed by atoms with E-state index in [9.17, 15) is 9.18 Å². The molecule has 1 aromatic rings. The van der Waals surface area contributed by atoms with Crippen LogP contribution in [0, 0.1) is 5.95 Å². The molecule has 1 N–H and O–H groups in total. The molecule has 1 rings (SSSR count). The number of halogens is 3. The average Bonchev–Trinajstić information content (AvgIpc) is 2.13. The van der Waals surface area contributed by atoms with Crippen molar-refractivity contribution >= 4 is 29.1 Å². The summed E-state index contributed by atoms with van der Waals surface area (Å²) in [5, 5.41) is 2.23. The van der Waals surface area contributed by atoms with Gasteiger partial charge in [0.05, 0.1) is 5.02 Å². The van der Waals surface area contributed by atoms with Crippen LogP contribution in [0.5, 0.6) is 5.88 Å². The molecule has 15 heavy (non-hydrogen) atoms. The zero-order valence-electron chi connectivity index (χ0n) is 7.68. The molecule has 0 aliphatic heterocycles. The number of amides is 1. The van der Waals surface area contributed by atoms with E-state index in [1.807, 2.05) is 0 Å². The lowest BCUT2D eigenvalue weighted by atomic mass is 10.5. The van der Waals surface area contributed by atoms with Crippen molar-refractivity contribution in [2.75, 3.05) is 6.73 Å². The lowest BCUT2D eigenvalue weighted by Gasteiger charge is -2.07. The number of ether oxygens (including phenoxy) is 1. The zero-order chi connectivity index (χ0) is 11.4. The first kappa shape index (κ1) is 12.0. The van der Waals surface area contributed by atoms with Gasteiger partial charge in [0.15, 0.2) is 6.73 Å². The molecule has 0 spiro atoms. The predicted molar refractivity (Wildman–Crippen MR) is 53.5 cm³/mol.